The van der Waals surface area contributed by atoms with Crippen molar-refractivity contribution >= 4 is 5.97 Å². The number of hydrogen-bond donors (Lipinski definition) is 0. The van der Waals surface area contributed by atoms with Crippen molar-refractivity contribution in [1.82, 2.24) is 0 Å². The molecule has 3 aliphatic rings. The number of carbonyl (C=O) groups excluding carboxylic acids is 1. The van der Waals surface area contributed by atoms with Gasteiger partial charge in [-0.05, 0) is 32.1 Å². The lowest BCUT2D eigenvalue weighted by atomic mass is 9.79. The zero-order valence-electron chi connectivity index (χ0n) is 10.6. The van der Waals surface area contributed by atoms with Gasteiger partial charge in [0.1, 0.15) is 6.10 Å². The lowest BCUT2D eigenvalue weighted by Crippen LogP contribution is -2.30. The number of hydrogen-bond acceptors (Lipinski definition) is 2. The summed E-state index contributed by atoms with van der Waals surface area (Å²) in [5.74, 6) is 1.40. The van der Waals surface area contributed by atoms with E-state index in [1.165, 1.54) is 11.1 Å². The first kappa shape index (κ1) is 11.1. The van der Waals surface area contributed by atoms with Crippen molar-refractivity contribution < 1.29 is 9.53 Å². The van der Waals surface area contributed by atoms with Crippen LogP contribution in [0.5, 0.6) is 0 Å². The fourth-order valence-corrected chi connectivity index (χ4v) is 3.90. The topological polar surface area (TPSA) is 26.3 Å². The van der Waals surface area contributed by atoms with Crippen LogP contribution in [0.3, 0.4) is 0 Å². The van der Waals surface area contributed by atoms with E-state index in [-0.39, 0.29) is 18.0 Å². The van der Waals surface area contributed by atoms with Gasteiger partial charge in [-0.2, -0.15) is 0 Å². The summed E-state index contributed by atoms with van der Waals surface area (Å²) >= 11 is 0. The summed E-state index contributed by atoms with van der Waals surface area (Å²) in [5, 5.41) is 0. The standard InChI is InChI=1S/C15H20O2/c1-8-4-7-12-10(3)15(16)17-14(12)13-9(2)5-6-11(8)13/h5,10-14H,1,4,6-7H2,2-3H3/t10-,11-,12+,13-,14-/m0/s1. The molecule has 2 fully saturated rings. The van der Waals surface area contributed by atoms with E-state index in [1.54, 1.807) is 0 Å². The van der Waals surface area contributed by atoms with Crippen molar-refractivity contribution in [2.45, 2.75) is 39.2 Å². The Bertz CT molecular complexity index is 407. The van der Waals surface area contributed by atoms with Gasteiger partial charge < -0.3 is 4.74 Å². The Morgan fingerprint density at radius 1 is 1.47 bits per heavy atom. The summed E-state index contributed by atoms with van der Waals surface area (Å²) in [6.45, 7) is 8.44. The number of fused-ring (bicyclic) bond motifs is 3. The molecule has 0 N–H and O–H groups in total. The second kappa shape index (κ2) is 3.72. The minimum Gasteiger partial charge on any atom is -0.461 e. The first-order valence-electron chi connectivity index (χ1n) is 6.64. The van der Waals surface area contributed by atoms with E-state index in [0.717, 1.165) is 19.3 Å². The van der Waals surface area contributed by atoms with Crippen molar-refractivity contribution in [3.8, 4) is 0 Å². The Kier molecular flexibility index (Phi) is 2.42. The highest BCUT2D eigenvalue weighted by molar-refractivity contribution is 5.75. The minimum atomic E-state index is 0.00552. The molecule has 1 aliphatic heterocycles. The first-order chi connectivity index (χ1) is 8.09. The smallest absolute Gasteiger partial charge is 0.309 e. The van der Waals surface area contributed by atoms with Crippen LogP contribution in [0.1, 0.15) is 33.1 Å². The molecular weight excluding hydrogens is 212 g/mol. The number of rotatable bonds is 0. The highest BCUT2D eigenvalue weighted by Crippen LogP contribution is 2.50. The molecule has 0 aromatic rings. The molecule has 92 valence electrons. The molecule has 5 atom stereocenters. The fraction of sp³-hybridized carbons (Fsp3) is 0.667. The normalized spacial score (nSPS) is 44.8. The molecule has 17 heavy (non-hydrogen) atoms. The van der Waals surface area contributed by atoms with Crippen LogP contribution in [0, 0.1) is 23.7 Å². The predicted molar refractivity (Wildman–Crippen MR) is 66.3 cm³/mol. The van der Waals surface area contributed by atoms with Crippen molar-refractivity contribution in [1.29, 1.82) is 0 Å². The molecule has 0 bridgehead atoms. The van der Waals surface area contributed by atoms with Gasteiger partial charge in [-0.1, -0.05) is 30.7 Å². The molecule has 0 spiro atoms. The van der Waals surface area contributed by atoms with Gasteiger partial charge in [0.05, 0.1) is 5.92 Å². The minimum absolute atomic E-state index is 0.00552. The van der Waals surface area contributed by atoms with E-state index in [9.17, 15) is 4.79 Å². The molecule has 2 heteroatoms. The van der Waals surface area contributed by atoms with Crippen LogP contribution in [0.4, 0.5) is 0 Å². The van der Waals surface area contributed by atoms with Crippen molar-refractivity contribution in [3.63, 3.8) is 0 Å². The summed E-state index contributed by atoms with van der Waals surface area (Å²) in [6.07, 6.45) is 5.63. The first-order valence-corrected chi connectivity index (χ1v) is 6.64. The van der Waals surface area contributed by atoms with Gasteiger partial charge in [0, 0.05) is 11.8 Å². The van der Waals surface area contributed by atoms with Gasteiger partial charge in [0.25, 0.3) is 0 Å². The van der Waals surface area contributed by atoms with Crippen LogP contribution in [-0.2, 0) is 9.53 Å². The van der Waals surface area contributed by atoms with E-state index < -0.39 is 0 Å². The molecule has 1 heterocycles. The van der Waals surface area contributed by atoms with Crippen molar-refractivity contribution in [2.24, 2.45) is 23.7 Å². The zero-order chi connectivity index (χ0) is 12.2. The molecule has 0 unspecified atom stereocenters. The molecular formula is C15H20O2. The third-order valence-electron chi connectivity index (χ3n) is 5.02. The second-order valence-corrected chi connectivity index (χ2v) is 5.87. The van der Waals surface area contributed by atoms with Gasteiger partial charge >= 0.3 is 5.97 Å². The van der Waals surface area contributed by atoms with Crippen LogP contribution in [0.2, 0.25) is 0 Å². The fourth-order valence-electron chi connectivity index (χ4n) is 3.90. The highest BCUT2D eigenvalue weighted by atomic mass is 16.6. The van der Waals surface area contributed by atoms with E-state index in [2.05, 4.69) is 19.6 Å². The summed E-state index contributed by atoms with van der Waals surface area (Å²) in [6, 6.07) is 0. The molecule has 0 amide bonds. The van der Waals surface area contributed by atoms with Gasteiger partial charge in [0.2, 0.25) is 0 Å². The SMILES string of the molecule is C=C1CC[C@H]2[C@H](OC(=O)[C@H]2C)[C@H]2C(C)=CC[C@@H]12. The molecule has 3 rings (SSSR count). The molecule has 1 saturated carbocycles. The summed E-state index contributed by atoms with van der Waals surface area (Å²) < 4.78 is 5.67. The molecule has 2 nitrogen and oxygen atoms in total. The Morgan fingerprint density at radius 3 is 3.00 bits per heavy atom. The van der Waals surface area contributed by atoms with E-state index in [1.807, 2.05) is 6.92 Å². The van der Waals surface area contributed by atoms with Gasteiger partial charge in [-0.25, -0.2) is 0 Å². The quantitative estimate of drug-likeness (QED) is 0.474. The molecule has 0 radical (unpaired) electrons. The Labute approximate surface area is 103 Å². The van der Waals surface area contributed by atoms with Crippen molar-refractivity contribution in [2.75, 3.05) is 0 Å². The maximum atomic E-state index is 11.8. The molecule has 1 saturated heterocycles. The average molecular weight is 232 g/mol. The third-order valence-corrected chi connectivity index (χ3v) is 5.02. The number of esters is 1. The molecule has 0 aromatic heterocycles. The zero-order valence-corrected chi connectivity index (χ0v) is 10.6. The molecule has 0 aromatic carbocycles. The number of carbonyl (C=O) groups is 1. The van der Waals surface area contributed by atoms with Crippen LogP contribution in [-0.4, -0.2) is 12.1 Å². The maximum absolute atomic E-state index is 11.8. The van der Waals surface area contributed by atoms with Crippen LogP contribution < -0.4 is 0 Å². The molecule has 2 aliphatic carbocycles. The Balaban J connectivity index is 1.97. The monoisotopic (exact) mass is 232 g/mol. The average Bonchev–Trinajstić information content (AvgIpc) is 2.75. The van der Waals surface area contributed by atoms with Gasteiger partial charge in [0.15, 0.2) is 0 Å². The van der Waals surface area contributed by atoms with Crippen LogP contribution in [0.15, 0.2) is 23.8 Å². The van der Waals surface area contributed by atoms with Crippen LogP contribution in [0.25, 0.3) is 0 Å². The summed E-state index contributed by atoms with van der Waals surface area (Å²) in [5.41, 5.74) is 2.76. The highest BCUT2D eigenvalue weighted by Gasteiger charge is 2.50. The number of ether oxygens (including phenoxy) is 1. The Hall–Kier alpha value is -1.05. The van der Waals surface area contributed by atoms with E-state index in [0.29, 0.717) is 17.8 Å². The van der Waals surface area contributed by atoms with Gasteiger partial charge in [-0.3, -0.25) is 4.79 Å². The van der Waals surface area contributed by atoms with Crippen LogP contribution >= 0.6 is 0 Å². The van der Waals surface area contributed by atoms with Crippen molar-refractivity contribution in [3.05, 3.63) is 23.8 Å². The van der Waals surface area contributed by atoms with E-state index in [4.69, 9.17) is 4.74 Å². The number of allylic oxidation sites excluding steroid dienone is 2. The van der Waals surface area contributed by atoms with Gasteiger partial charge in [-0.15, -0.1) is 0 Å². The summed E-state index contributed by atoms with van der Waals surface area (Å²) in [4.78, 5) is 11.8. The van der Waals surface area contributed by atoms with E-state index >= 15 is 0 Å². The Morgan fingerprint density at radius 2 is 2.24 bits per heavy atom. The lowest BCUT2D eigenvalue weighted by molar-refractivity contribution is -0.145. The second-order valence-electron chi connectivity index (χ2n) is 5.87. The third kappa shape index (κ3) is 1.50. The maximum Gasteiger partial charge on any atom is 0.309 e. The largest absolute Gasteiger partial charge is 0.461 e. The summed E-state index contributed by atoms with van der Waals surface area (Å²) in [7, 11) is 0. The lowest BCUT2D eigenvalue weighted by Gasteiger charge is -2.27. The predicted octanol–water partition coefficient (Wildman–Crippen LogP) is 3.10.